The molecule has 2 amide bonds. The number of amides is 2. The van der Waals surface area contributed by atoms with E-state index in [-0.39, 0.29) is 55.4 Å². The molecule has 40 heavy (non-hydrogen) atoms. The van der Waals surface area contributed by atoms with Crippen LogP contribution in [0, 0.1) is 0 Å². The number of hydrogen-bond donors (Lipinski definition) is 1. The second-order valence-corrected chi connectivity index (χ2v) is 10.9. The van der Waals surface area contributed by atoms with Crippen LogP contribution in [0.5, 0.6) is 0 Å². The fourth-order valence-corrected chi connectivity index (χ4v) is 5.48. The van der Waals surface area contributed by atoms with E-state index in [2.05, 4.69) is 30.1 Å². The van der Waals surface area contributed by atoms with Gasteiger partial charge in [0.05, 0.1) is 19.1 Å². The standard InChI is InChI=1S/C31H41N3O6/c1-4-38-28(36)16-19-34-29(26-13-9-8-12-24(26)20-31(34,2)3)32-27(35)22-39-25-14-17-33(18-15-25)30(37)40-21-23-10-6-5-7-11-23/h5-13,25,29H,4,14-22H2,1-3H3,(H,32,35). The molecule has 0 aliphatic carbocycles. The van der Waals surface area contributed by atoms with Gasteiger partial charge in [0, 0.05) is 25.2 Å². The number of benzene rings is 2. The molecule has 0 spiro atoms. The van der Waals surface area contributed by atoms with Crippen molar-refractivity contribution < 1.29 is 28.6 Å². The minimum atomic E-state index is -0.383. The van der Waals surface area contributed by atoms with Crippen molar-refractivity contribution in [2.24, 2.45) is 0 Å². The maximum atomic E-state index is 13.1. The molecule has 2 aromatic carbocycles. The molecular formula is C31H41N3O6. The molecule has 2 heterocycles. The number of carbonyl (C=O) groups excluding carboxylic acids is 3. The third kappa shape index (κ3) is 7.82. The van der Waals surface area contributed by atoms with Crippen molar-refractivity contribution in [1.82, 2.24) is 15.1 Å². The predicted molar refractivity (Wildman–Crippen MR) is 150 cm³/mol. The van der Waals surface area contributed by atoms with E-state index < -0.39 is 0 Å². The monoisotopic (exact) mass is 551 g/mol. The van der Waals surface area contributed by atoms with E-state index in [1.165, 1.54) is 5.56 Å². The van der Waals surface area contributed by atoms with Gasteiger partial charge in [-0.3, -0.25) is 14.5 Å². The van der Waals surface area contributed by atoms with Gasteiger partial charge in [-0.1, -0.05) is 54.6 Å². The summed E-state index contributed by atoms with van der Waals surface area (Å²) < 4.78 is 16.5. The molecule has 216 valence electrons. The van der Waals surface area contributed by atoms with Crippen molar-refractivity contribution in [3.05, 3.63) is 71.3 Å². The van der Waals surface area contributed by atoms with Crippen LogP contribution in [0.4, 0.5) is 4.79 Å². The van der Waals surface area contributed by atoms with Crippen LogP contribution in [0.25, 0.3) is 0 Å². The lowest BCUT2D eigenvalue weighted by atomic mass is 9.83. The summed E-state index contributed by atoms with van der Waals surface area (Å²) in [5, 5.41) is 3.16. The van der Waals surface area contributed by atoms with Crippen LogP contribution < -0.4 is 5.32 Å². The first-order valence-corrected chi connectivity index (χ1v) is 14.1. The number of nitrogens with one attached hydrogen (secondary N) is 1. The second-order valence-electron chi connectivity index (χ2n) is 10.9. The number of ether oxygens (including phenoxy) is 3. The van der Waals surface area contributed by atoms with Gasteiger partial charge in [-0.15, -0.1) is 0 Å². The van der Waals surface area contributed by atoms with Gasteiger partial charge in [-0.2, -0.15) is 0 Å². The summed E-state index contributed by atoms with van der Waals surface area (Å²) in [4.78, 5) is 41.5. The fourth-order valence-electron chi connectivity index (χ4n) is 5.48. The smallest absolute Gasteiger partial charge is 0.410 e. The number of nitrogens with zero attached hydrogens (tertiary/aromatic N) is 2. The van der Waals surface area contributed by atoms with Gasteiger partial charge in [0.25, 0.3) is 0 Å². The Morgan fingerprint density at radius 1 is 0.975 bits per heavy atom. The molecule has 0 saturated carbocycles. The normalized spacial score (nSPS) is 19.0. The first-order chi connectivity index (χ1) is 19.3. The number of likely N-dealkylation sites (tertiary alicyclic amines) is 1. The van der Waals surface area contributed by atoms with Crippen molar-refractivity contribution in [2.45, 2.75) is 70.9 Å². The number of hydrogen-bond acceptors (Lipinski definition) is 7. The average molecular weight is 552 g/mol. The lowest BCUT2D eigenvalue weighted by Gasteiger charge is -2.48. The quantitative estimate of drug-likeness (QED) is 0.442. The molecule has 0 aromatic heterocycles. The van der Waals surface area contributed by atoms with Crippen molar-refractivity contribution in [1.29, 1.82) is 0 Å². The van der Waals surface area contributed by atoms with Crippen molar-refractivity contribution in [3.8, 4) is 0 Å². The predicted octanol–water partition coefficient (Wildman–Crippen LogP) is 4.21. The van der Waals surface area contributed by atoms with Gasteiger partial charge in [-0.05, 0) is 56.7 Å². The van der Waals surface area contributed by atoms with Gasteiger partial charge < -0.3 is 24.4 Å². The summed E-state index contributed by atoms with van der Waals surface area (Å²) >= 11 is 0. The van der Waals surface area contributed by atoms with E-state index in [0.29, 0.717) is 39.1 Å². The van der Waals surface area contributed by atoms with E-state index in [1.54, 1.807) is 11.8 Å². The molecule has 2 aromatic rings. The zero-order valence-electron chi connectivity index (χ0n) is 23.8. The van der Waals surface area contributed by atoms with Gasteiger partial charge in [0.15, 0.2) is 0 Å². The number of fused-ring (bicyclic) bond motifs is 1. The molecule has 1 N–H and O–H groups in total. The number of rotatable bonds is 10. The Bertz CT molecular complexity index is 1150. The van der Waals surface area contributed by atoms with Crippen LogP contribution in [0.15, 0.2) is 54.6 Å². The largest absolute Gasteiger partial charge is 0.466 e. The van der Waals surface area contributed by atoms with Crippen LogP contribution in [0.3, 0.4) is 0 Å². The molecule has 9 nitrogen and oxygen atoms in total. The van der Waals surface area contributed by atoms with Crippen molar-refractivity contribution >= 4 is 18.0 Å². The SMILES string of the molecule is CCOC(=O)CCN1C(NC(=O)COC2CCN(C(=O)OCc3ccccc3)CC2)c2ccccc2CC1(C)C. The molecular weight excluding hydrogens is 510 g/mol. The summed E-state index contributed by atoms with van der Waals surface area (Å²) in [5.41, 5.74) is 2.88. The molecule has 2 aliphatic rings. The van der Waals surface area contributed by atoms with Crippen LogP contribution in [-0.2, 0) is 36.8 Å². The Hall–Kier alpha value is -3.43. The first-order valence-electron chi connectivity index (χ1n) is 14.1. The number of esters is 1. The molecule has 1 fully saturated rings. The first kappa shape index (κ1) is 29.6. The van der Waals surface area contributed by atoms with Crippen LogP contribution in [0.1, 0.15) is 62.9 Å². The second kappa shape index (κ2) is 13.8. The van der Waals surface area contributed by atoms with Crippen LogP contribution >= 0.6 is 0 Å². The Kier molecular flexibility index (Phi) is 10.2. The summed E-state index contributed by atoms with van der Waals surface area (Å²) in [6.45, 7) is 8.06. The van der Waals surface area contributed by atoms with Gasteiger partial charge in [0.1, 0.15) is 19.4 Å². The summed E-state index contributed by atoms with van der Waals surface area (Å²) in [6.07, 6.45) is 1.50. The minimum Gasteiger partial charge on any atom is -0.466 e. The lowest BCUT2D eigenvalue weighted by molar-refractivity contribution is -0.144. The average Bonchev–Trinajstić information content (AvgIpc) is 2.95. The third-order valence-electron chi connectivity index (χ3n) is 7.58. The highest BCUT2D eigenvalue weighted by atomic mass is 16.6. The minimum absolute atomic E-state index is 0.0755. The summed E-state index contributed by atoms with van der Waals surface area (Å²) in [6, 6.07) is 17.7. The summed E-state index contributed by atoms with van der Waals surface area (Å²) in [7, 11) is 0. The third-order valence-corrected chi connectivity index (χ3v) is 7.58. The van der Waals surface area contributed by atoms with Gasteiger partial charge >= 0.3 is 12.1 Å². The highest BCUT2D eigenvalue weighted by Crippen LogP contribution is 2.37. The molecule has 4 rings (SSSR count). The van der Waals surface area contributed by atoms with E-state index in [9.17, 15) is 14.4 Å². The molecule has 1 saturated heterocycles. The Morgan fingerprint density at radius 3 is 2.40 bits per heavy atom. The van der Waals surface area contributed by atoms with Crippen LogP contribution in [0.2, 0.25) is 0 Å². The Balaban J connectivity index is 1.29. The lowest BCUT2D eigenvalue weighted by Crippen LogP contribution is -2.56. The fraction of sp³-hybridized carbons (Fsp3) is 0.516. The zero-order valence-corrected chi connectivity index (χ0v) is 23.8. The van der Waals surface area contributed by atoms with Gasteiger partial charge in [-0.25, -0.2) is 4.79 Å². The van der Waals surface area contributed by atoms with Crippen molar-refractivity contribution in [2.75, 3.05) is 32.8 Å². The highest BCUT2D eigenvalue weighted by molar-refractivity contribution is 5.78. The van der Waals surface area contributed by atoms with Crippen molar-refractivity contribution in [3.63, 3.8) is 0 Å². The molecule has 1 unspecified atom stereocenters. The maximum Gasteiger partial charge on any atom is 0.410 e. The van der Waals surface area contributed by atoms with E-state index in [4.69, 9.17) is 14.2 Å². The number of piperidine rings is 1. The number of carbonyl (C=O) groups is 3. The molecule has 1 atom stereocenters. The van der Waals surface area contributed by atoms with Gasteiger partial charge in [0.2, 0.25) is 5.91 Å². The highest BCUT2D eigenvalue weighted by Gasteiger charge is 2.40. The van der Waals surface area contributed by atoms with Crippen LogP contribution in [-0.4, -0.2) is 72.3 Å². The summed E-state index contributed by atoms with van der Waals surface area (Å²) in [5.74, 6) is -0.468. The molecule has 0 bridgehead atoms. The Morgan fingerprint density at radius 2 is 1.68 bits per heavy atom. The molecule has 9 heteroatoms. The van der Waals surface area contributed by atoms with E-state index >= 15 is 0 Å². The topological polar surface area (TPSA) is 97.4 Å². The molecule has 0 radical (unpaired) electrons. The Labute approximate surface area is 236 Å². The van der Waals surface area contributed by atoms with E-state index in [1.807, 2.05) is 48.5 Å². The maximum absolute atomic E-state index is 13.1. The molecule has 2 aliphatic heterocycles. The zero-order chi connectivity index (χ0) is 28.5. The van der Waals surface area contributed by atoms with E-state index in [0.717, 1.165) is 17.5 Å².